The molecule has 14 heavy (non-hydrogen) atoms. The summed E-state index contributed by atoms with van der Waals surface area (Å²) in [6.45, 7) is 1.87. The summed E-state index contributed by atoms with van der Waals surface area (Å²) in [6, 6.07) is 0.0433. The van der Waals surface area contributed by atoms with Crippen LogP contribution in [-0.4, -0.2) is 30.9 Å². The normalized spacial score (nSPS) is 15.4. The number of rotatable bonds is 4. The third-order valence-electron chi connectivity index (χ3n) is 1.97. The Hall–Kier alpha value is -0.460. The zero-order valence-corrected chi connectivity index (χ0v) is 9.82. The van der Waals surface area contributed by atoms with Crippen molar-refractivity contribution in [2.45, 2.75) is 19.6 Å². The number of H-pyrrole nitrogens is 1. The largest absolute Gasteiger partial charge is 0.390 e. The molecular weight excluding hydrogens is 220 g/mol. The molecule has 2 atom stereocenters. The zero-order chi connectivity index (χ0) is 10.7. The molecule has 6 heteroatoms. The molecule has 0 radical (unpaired) electrons. The highest BCUT2D eigenvalue weighted by atomic mass is 32.2. The van der Waals surface area contributed by atoms with Crippen LogP contribution in [0.4, 0.5) is 0 Å². The van der Waals surface area contributed by atoms with E-state index in [9.17, 15) is 4.21 Å². The number of nitrogens with one attached hydrogen (secondary N) is 1. The molecule has 0 bridgehead atoms. The second-order valence-electron chi connectivity index (χ2n) is 3.20. The Morgan fingerprint density at radius 3 is 2.93 bits per heavy atom. The molecule has 0 aliphatic carbocycles. The van der Waals surface area contributed by atoms with Gasteiger partial charge in [0.1, 0.15) is 0 Å². The maximum absolute atomic E-state index is 11.1. The van der Waals surface area contributed by atoms with E-state index in [1.807, 2.05) is 6.92 Å². The number of aliphatic hydroxyl groups excluding tert-OH is 1. The van der Waals surface area contributed by atoms with Crippen molar-refractivity contribution < 1.29 is 9.32 Å². The van der Waals surface area contributed by atoms with Crippen LogP contribution in [0.2, 0.25) is 0 Å². The van der Waals surface area contributed by atoms with Gasteiger partial charge in [-0.05, 0) is 19.1 Å². The Bertz CT molecular complexity index is 383. The maximum atomic E-state index is 11.1. The summed E-state index contributed by atoms with van der Waals surface area (Å²) in [7, 11) is -0.861. The Labute approximate surface area is 90.4 Å². The van der Waals surface area contributed by atoms with Crippen molar-refractivity contribution in [2.75, 3.05) is 12.0 Å². The van der Waals surface area contributed by atoms with Crippen molar-refractivity contribution in [2.24, 2.45) is 0 Å². The summed E-state index contributed by atoms with van der Waals surface area (Å²) in [6.07, 6.45) is 3.34. The highest BCUT2D eigenvalue weighted by Gasteiger charge is 2.11. The van der Waals surface area contributed by atoms with Crippen LogP contribution in [0.3, 0.4) is 0 Å². The SMILES string of the molecule is CC(CS(C)=O)n1c(CO)c[nH]c1=S. The monoisotopic (exact) mass is 234 g/mol. The van der Waals surface area contributed by atoms with Crippen LogP contribution < -0.4 is 0 Å². The molecule has 0 fully saturated rings. The average molecular weight is 234 g/mol. The smallest absolute Gasteiger partial charge is 0.177 e. The first kappa shape index (κ1) is 11.6. The van der Waals surface area contributed by atoms with Gasteiger partial charge in [0, 0.05) is 35.0 Å². The third-order valence-corrected chi connectivity index (χ3v) is 3.24. The Morgan fingerprint density at radius 2 is 2.43 bits per heavy atom. The fourth-order valence-corrected chi connectivity index (χ4v) is 2.62. The van der Waals surface area contributed by atoms with Crippen LogP contribution in [0.25, 0.3) is 0 Å². The minimum atomic E-state index is -0.861. The van der Waals surface area contributed by atoms with E-state index < -0.39 is 10.8 Å². The minimum absolute atomic E-state index is 0.0433. The first-order valence-electron chi connectivity index (χ1n) is 4.26. The average Bonchev–Trinajstić information content (AvgIpc) is 2.45. The molecule has 2 unspecified atom stereocenters. The highest BCUT2D eigenvalue weighted by Crippen LogP contribution is 2.12. The van der Waals surface area contributed by atoms with E-state index in [4.69, 9.17) is 17.3 Å². The van der Waals surface area contributed by atoms with E-state index in [2.05, 4.69) is 4.98 Å². The van der Waals surface area contributed by atoms with Gasteiger partial charge in [-0.1, -0.05) is 0 Å². The van der Waals surface area contributed by atoms with E-state index in [-0.39, 0.29) is 12.6 Å². The Kier molecular flexibility index (Phi) is 4.03. The van der Waals surface area contributed by atoms with E-state index in [1.165, 1.54) is 0 Å². The summed E-state index contributed by atoms with van der Waals surface area (Å²) in [5.41, 5.74) is 0.730. The fraction of sp³-hybridized carbons (Fsp3) is 0.625. The van der Waals surface area contributed by atoms with Crippen LogP contribution in [0, 0.1) is 4.77 Å². The topological polar surface area (TPSA) is 58.0 Å². The lowest BCUT2D eigenvalue weighted by atomic mass is 10.3. The lowest BCUT2D eigenvalue weighted by Gasteiger charge is -2.14. The fourth-order valence-electron chi connectivity index (χ4n) is 1.43. The molecule has 0 saturated heterocycles. The number of aliphatic hydroxyl groups is 1. The highest BCUT2D eigenvalue weighted by molar-refractivity contribution is 7.84. The summed E-state index contributed by atoms with van der Waals surface area (Å²) in [5, 5.41) is 9.05. The van der Waals surface area contributed by atoms with Gasteiger partial charge >= 0.3 is 0 Å². The van der Waals surface area contributed by atoms with E-state index in [1.54, 1.807) is 17.0 Å². The predicted octanol–water partition coefficient (Wildman–Crippen LogP) is 0.977. The molecular formula is C8H14N2O2S2. The third kappa shape index (κ3) is 2.52. The molecule has 2 N–H and O–H groups in total. The predicted molar refractivity (Wildman–Crippen MR) is 59.2 cm³/mol. The molecule has 0 aliphatic heterocycles. The standard InChI is InChI=1S/C8H14N2O2S2/c1-6(5-14(2)12)10-7(4-11)3-9-8(10)13/h3,6,11H,4-5H2,1-2H3,(H,9,13). The molecule has 0 saturated carbocycles. The molecule has 1 heterocycles. The lowest BCUT2D eigenvalue weighted by Crippen LogP contribution is -2.15. The van der Waals surface area contributed by atoms with Crippen LogP contribution in [0.1, 0.15) is 18.7 Å². The number of hydrogen-bond acceptors (Lipinski definition) is 3. The van der Waals surface area contributed by atoms with Crippen molar-refractivity contribution in [3.05, 3.63) is 16.7 Å². The lowest BCUT2D eigenvalue weighted by molar-refractivity contribution is 0.268. The van der Waals surface area contributed by atoms with Crippen LogP contribution in [0.15, 0.2) is 6.20 Å². The molecule has 80 valence electrons. The van der Waals surface area contributed by atoms with Gasteiger partial charge < -0.3 is 14.7 Å². The van der Waals surface area contributed by atoms with Crippen molar-refractivity contribution >= 4 is 23.0 Å². The van der Waals surface area contributed by atoms with Crippen molar-refractivity contribution in [3.8, 4) is 0 Å². The second kappa shape index (κ2) is 4.86. The van der Waals surface area contributed by atoms with Gasteiger partial charge in [0.05, 0.1) is 12.3 Å². The van der Waals surface area contributed by atoms with Gasteiger partial charge in [0.15, 0.2) is 4.77 Å². The van der Waals surface area contributed by atoms with E-state index in [0.29, 0.717) is 10.5 Å². The number of aromatic amines is 1. The Morgan fingerprint density at radius 1 is 1.79 bits per heavy atom. The quantitative estimate of drug-likeness (QED) is 0.763. The summed E-state index contributed by atoms with van der Waals surface area (Å²) in [4.78, 5) is 2.86. The van der Waals surface area contributed by atoms with Gasteiger partial charge in [0.2, 0.25) is 0 Å². The van der Waals surface area contributed by atoms with Crippen molar-refractivity contribution in [1.82, 2.24) is 9.55 Å². The van der Waals surface area contributed by atoms with E-state index in [0.717, 1.165) is 5.69 Å². The summed E-state index contributed by atoms with van der Waals surface area (Å²) in [5.74, 6) is 0.541. The van der Waals surface area contributed by atoms with Gasteiger partial charge in [0.25, 0.3) is 0 Å². The first-order chi connectivity index (χ1) is 6.56. The summed E-state index contributed by atoms with van der Waals surface area (Å²) < 4.78 is 13.4. The molecule has 0 aliphatic rings. The summed E-state index contributed by atoms with van der Waals surface area (Å²) >= 11 is 5.07. The van der Waals surface area contributed by atoms with Gasteiger partial charge in [-0.2, -0.15) is 0 Å². The molecule has 0 spiro atoms. The molecule has 0 aromatic carbocycles. The van der Waals surface area contributed by atoms with Gasteiger partial charge in [-0.25, -0.2) is 0 Å². The second-order valence-corrected chi connectivity index (χ2v) is 5.07. The van der Waals surface area contributed by atoms with E-state index >= 15 is 0 Å². The molecule has 1 aromatic rings. The molecule has 0 amide bonds. The van der Waals surface area contributed by atoms with Crippen LogP contribution in [-0.2, 0) is 17.4 Å². The minimum Gasteiger partial charge on any atom is -0.390 e. The zero-order valence-electron chi connectivity index (χ0n) is 8.19. The van der Waals surface area contributed by atoms with Crippen molar-refractivity contribution in [1.29, 1.82) is 0 Å². The van der Waals surface area contributed by atoms with Gasteiger partial charge in [-0.15, -0.1) is 0 Å². The Balaban J connectivity index is 2.98. The van der Waals surface area contributed by atoms with Crippen molar-refractivity contribution in [3.63, 3.8) is 0 Å². The number of nitrogens with zero attached hydrogens (tertiary/aromatic N) is 1. The number of imidazole rings is 1. The van der Waals surface area contributed by atoms with Crippen LogP contribution >= 0.6 is 12.2 Å². The van der Waals surface area contributed by atoms with Gasteiger partial charge in [-0.3, -0.25) is 4.21 Å². The molecule has 4 nitrogen and oxygen atoms in total. The number of aromatic nitrogens is 2. The first-order valence-corrected chi connectivity index (χ1v) is 6.39. The molecule has 1 aromatic heterocycles. The number of hydrogen-bond donors (Lipinski definition) is 2. The van der Waals surface area contributed by atoms with Crippen LogP contribution in [0.5, 0.6) is 0 Å². The maximum Gasteiger partial charge on any atom is 0.177 e. The molecule has 1 rings (SSSR count).